The van der Waals surface area contributed by atoms with E-state index in [4.69, 9.17) is 4.74 Å². The Hall–Kier alpha value is -2.40. The van der Waals surface area contributed by atoms with Crippen LogP contribution in [0.2, 0.25) is 0 Å². The fourth-order valence-electron chi connectivity index (χ4n) is 2.70. The number of nitrogens with zero attached hydrogens (tertiary/aromatic N) is 1. The molecule has 2 aromatic carbocycles. The number of ether oxygens (including phenoxy) is 1. The molecule has 0 unspecified atom stereocenters. The summed E-state index contributed by atoms with van der Waals surface area (Å²) in [4.78, 5) is 14.3. The highest BCUT2D eigenvalue weighted by atomic mass is 19.1. The standard InChI is InChI=1S/C19H21FN2O2/c20-17-5-1-16(2-6-17)14-21-19(23)13-15-3-7-18(8-4-15)22-9-11-24-12-10-22/h1-8H,9-14H2,(H,21,23). The van der Waals surface area contributed by atoms with E-state index in [1.165, 1.54) is 12.1 Å². The van der Waals surface area contributed by atoms with E-state index in [1.54, 1.807) is 12.1 Å². The minimum Gasteiger partial charge on any atom is -0.378 e. The van der Waals surface area contributed by atoms with Gasteiger partial charge in [0.05, 0.1) is 19.6 Å². The van der Waals surface area contributed by atoms with Crippen molar-refractivity contribution >= 4 is 11.6 Å². The van der Waals surface area contributed by atoms with E-state index in [2.05, 4.69) is 10.2 Å². The van der Waals surface area contributed by atoms with Crippen LogP contribution in [0.1, 0.15) is 11.1 Å². The monoisotopic (exact) mass is 328 g/mol. The number of amides is 1. The summed E-state index contributed by atoms with van der Waals surface area (Å²) in [5.74, 6) is -0.316. The second kappa shape index (κ2) is 7.93. The summed E-state index contributed by atoms with van der Waals surface area (Å²) < 4.78 is 18.2. The molecule has 4 nitrogen and oxygen atoms in total. The molecule has 0 aliphatic carbocycles. The van der Waals surface area contributed by atoms with Crippen molar-refractivity contribution in [3.05, 3.63) is 65.5 Å². The van der Waals surface area contributed by atoms with E-state index < -0.39 is 0 Å². The molecule has 1 saturated heterocycles. The van der Waals surface area contributed by atoms with E-state index in [0.717, 1.165) is 43.1 Å². The molecule has 1 aliphatic heterocycles. The average molecular weight is 328 g/mol. The number of morpholine rings is 1. The van der Waals surface area contributed by atoms with Crippen LogP contribution in [0, 0.1) is 5.82 Å². The molecule has 1 fully saturated rings. The Morgan fingerprint density at radius 3 is 2.29 bits per heavy atom. The van der Waals surface area contributed by atoms with Gasteiger partial charge in [0, 0.05) is 25.3 Å². The number of carbonyl (C=O) groups excluding carboxylic acids is 1. The van der Waals surface area contributed by atoms with E-state index in [-0.39, 0.29) is 11.7 Å². The van der Waals surface area contributed by atoms with Crippen LogP contribution < -0.4 is 10.2 Å². The summed E-state index contributed by atoms with van der Waals surface area (Å²) in [6.45, 7) is 3.72. The van der Waals surface area contributed by atoms with Crippen LogP contribution >= 0.6 is 0 Å². The summed E-state index contributed by atoms with van der Waals surface area (Å²) >= 11 is 0. The van der Waals surface area contributed by atoms with Gasteiger partial charge in [-0.15, -0.1) is 0 Å². The number of halogens is 1. The summed E-state index contributed by atoms with van der Waals surface area (Å²) in [7, 11) is 0. The summed E-state index contributed by atoms with van der Waals surface area (Å²) in [6, 6.07) is 14.2. The molecule has 1 heterocycles. The lowest BCUT2D eigenvalue weighted by atomic mass is 10.1. The summed E-state index contributed by atoms with van der Waals surface area (Å²) in [6.07, 6.45) is 0.338. The van der Waals surface area contributed by atoms with Crippen molar-refractivity contribution in [2.24, 2.45) is 0 Å². The molecular formula is C19H21FN2O2. The van der Waals surface area contributed by atoms with Crippen LogP contribution in [0.25, 0.3) is 0 Å². The lowest BCUT2D eigenvalue weighted by Gasteiger charge is -2.28. The molecule has 3 rings (SSSR count). The van der Waals surface area contributed by atoms with Gasteiger partial charge in [-0.25, -0.2) is 4.39 Å². The maximum absolute atomic E-state index is 12.8. The number of carbonyl (C=O) groups is 1. The van der Waals surface area contributed by atoms with Gasteiger partial charge in [0.1, 0.15) is 5.82 Å². The minimum atomic E-state index is -0.273. The van der Waals surface area contributed by atoms with Gasteiger partial charge in [-0.3, -0.25) is 4.79 Å². The number of rotatable bonds is 5. The first kappa shape index (κ1) is 16.5. The van der Waals surface area contributed by atoms with Gasteiger partial charge in [-0.1, -0.05) is 24.3 Å². The second-order valence-electron chi connectivity index (χ2n) is 5.85. The Labute approximate surface area is 141 Å². The lowest BCUT2D eigenvalue weighted by molar-refractivity contribution is -0.120. The molecular weight excluding hydrogens is 307 g/mol. The molecule has 2 aromatic rings. The molecule has 1 amide bonds. The van der Waals surface area contributed by atoms with Crippen molar-refractivity contribution in [3.8, 4) is 0 Å². The molecule has 0 atom stereocenters. The number of anilines is 1. The van der Waals surface area contributed by atoms with Crippen molar-refractivity contribution in [2.75, 3.05) is 31.2 Å². The minimum absolute atomic E-state index is 0.0431. The van der Waals surface area contributed by atoms with Crippen molar-refractivity contribution in [1.29, 1.82) is 0 Å². The average Bonchev–Trinajstić information content (AvgIpc) is 2.63. The fraction of sp³-hybridized carbons (Fsp3) is 0.316. The molecule has 0 spiro atoms. The second-order valence-corrected chi connectivity index (χ2v) is 5.85. The molecule has 0 radical (unpaired) electrons. The van der Waals surface area contributed by atoms with Gasteiger partial charge >= 0.3 is 0 Å². The van der Waals surface area contributed by atoms with Gasteiger partial charge in [0.25, 0.3) is 0 Å². The smallest absolute Gasteiger partial charge is 0.224 e. The van der Waals surface area contributed by atoms with Crippen LogP contribution in [0.15, 0.2) is 48.5 Å². The van der Waals surface area contributed by atoms with Gasteiger partial charge in [0.15, 0.2) is 0 Å². The fourth-order valence-corrected chi connectivity index (χ4v) is 2.70. The number of hydrogen-bond acceptors (Lipinski definition) is 3. The number of hydrogen-bond donors (Lipinski definition) is 1. The number of benzene rings is 2. The third-order valence-electron chi connectivity index (χ3n) is 4.08. The Bertz CT molecular complexity index is 665. The predicted octanol–water partition coefficient (Wildman–Crippen LogP) is 2.52. The zero-order valence-electron chi connectivity index (χ0n) is 13.5. The van der Waals surface area contributed by atoms with E-state index >= 15 is 0 Å². The highest BCUT2D eigenvalue weighted by Gasteiger charge is 2.11. The largest absolute Gasteiger partial charge is 0.378 e. The summed E-state index contributed by atoms with van der Waals surface area (Å²) in [5.41, 5.74) is 3.02. The topological polar surface area (TPSA) is 41.6 Å². The molecule has 24 heavy (non-hydrogen) atoms. The molecule has 0 aromatic heterocycles. The Morgan fingerprint density at radius 1 is 1.00 bits per heavy atom. The third kappa shape index (κ3) is 4.55. The quantitative estimate of drug-likeness (QED) is 0.917. The maximum Gasteiger partial charge on any atom is 0.224 e. The normalized spacial score (nSPS) is 14.5. The van der Waals surface area contributed by atoms with Crippen molar-refractivity contribution in [3.63, 3.8) is 0 Å². The van der Waals surface area contributed by atoms with Gasteiger partial charge in [0.2, 0.25) is 5.91 Å². The van der Waals surface area contributed by atoms with Crippen molar-refractivity contribution in [1.82, 2.24) is 5.32 Å². The molecule has 5 heteroatoms. The Balaban J connectivity index is 1.49. The van der Waals surface area contributed by atoms with Crippen LogP contribution in [0.4, 0.5) is 10.1 Å². The molecule has 0 bridgehead atoms. The highest BCUT2D eigenvalue weighted by Crippen LogP contribution is 2.17. The Morgan fingerprint density at radius 2 is 1.62 bits per heavy atom. The zero-order valence-corrected chi connectivity index (χ0v) is 13.5. The predicted molar refractivity (Wildman–Crippen MR) is 91.4 cm³/mol. The molecule has 1 N–H and O–H groups in total. The van der Waals surface area contributed by atoms with Crippen LogP contribution in [-0.4, -0.2) is 32.2 Å². The maximum atomic E-state index is 12.8. The first-order valence-electron chi connectivity index (χ1n) is 8.13. The molecule has 126 valence electrons. The van der Waals surface area contributed by atoms with Gasteiger partial charge in [-0.05, 0) is 35.4 Å². The summed E-state index contributed by atoms with van der Waals surface area (Å²) in [5, 5.41) is 2.86. The van der Waals surface area contributed by atoms with E-state index in [1.807, 2.05) is 24.3 Å². The van der Waals surface area contributed by atoms with Gasteiger partial charge < -0.3 is 15.0 Å². The highest BCUT2D eigenvalue weighted by molar-refractivity contribution is 5.78. The van der Waals surface area contributed by atoms with Crippen molar-refractivity contribution in [2.45, 2.75) is 13.0 Å². The van der Waals surface area contributed by atoms with Crippen LogP contribution in [-0.2, 0) is 22.5 Å². The third-order valence-corrected chi connectivity index (χ3v) is 4.08. The van der Waals surface area contributed by atoms with E-state index in [0.29, 0.717) is 13.0 Å². The first-order valence-corrected chi connectivity index (χ1v) is 8.13. The van der Waals surface area contributed by atoms with Crippen molar-refractivity contribution < 1.29 is 13.9 Å². The zero-order chi connectivity index (χ0) is 16.8. The molecule has 0 saturated carbocycles. The van der Waals surface area contributed by atoms with E-state index in [9.17, 15) is 9.18 Å². The Kier molecular flexibility index (Phi) is 5.43. The van der Waals surface area contributed by atoms with Crippen LogP contribution in [0.3, 0.4) is 0 Å². The first-order chi connectivity index (χ1) is 11.7. The van der Waals surface area contributed by atoms with Crippen LogP contribution in [0.5, 0.6) is 0 Å². The SMILES string of the molecule is O=C(Cc1ccc(N2CCOCC2)cc1)NCc1ccc(F)cc1. The lowest BCUT2D eigenvalue weighted by Crippen LogP contribution is -2.36. The van der Waals surface area contributed by atoms with Gasteiger partial charge in [-0.2, -0.15) is 0 Å². The number of nitrogens with one attached hydrogen (secondary N) is 1. The molecule has 1 aliphatic rings.